The second-order valence-electron chi connectivity index (χ2n) is 7.70. The first-order chi connectivity index (χ1) is 11.2. The Balaban J connectivity index is 2.13. The monoisotopic (exact) mass is 341 g/mol. The number of aliphatic carboxylic acids is 1. The molecule has 1 rings (SSSR count). The number of carbonyl (C=O) groups is 2. The number of esters is 1. The second-order valence-corrected chi connectivity index (χ2v) is 7.70. The fourth-order valence-electron chi connectivity index (χ4n) is 3.30. The van der Waals surface area contributed by atoms with E-state index in [2.05, 4.69) is 32.7 Å². The van der Waals surface area contributed by atoms with Gasteiger partial charge < -0.3 is 14.7 Å². The third-order valence-corrected chi connectivity index (χ3v) is 5.71. The van der Waals surface area contributed by atoms with Gasteiger partial charge in [-0.15, -0.1) is 0 Å². The highest BCUT2D eigenvalue weighted by molar-refractivity contribution is 5.69. The molecule has 0 bridgehead atoms. The number of hydrogen-bond donors (Lipinski definition) is 1. The zero-order valence-electron chi connectivity index (χ0n) is 15.8. The van der Waals surface area contributed by atoms with Crippen LogP contribution in [0.25, 0.3) is 0 Å². The van der Waals surface area contributed by atoms with Gasteiger partial charge in [0.05, 0.1) is 0 Å². The molecule has 0 spiro atoms. The van der Waals surface area contributed by atoms with Gasteiger partial charge in [0, 0.05) is 30.8 Å². The average Bonchev–Trinajstić information content (AvgIpc) is 2.51. The number of likely N-dealkylation sites (tertiary alicyclic amines) is 1. The maximum absolute atomic E-state index is 12.1. The lowest BCUT2D eigenvalue weighted by Crippen LogP contribution is -2.56. The molecule has 1 N–H and O–H groups in total. The van der Waals surface area contributed by atoms with Gasteiger partial charge in [-0.1, -0.05) is 32.6 Å². The molecule has 0 aromatic heterocycles. The molecular formula is C19H35NO4. The Bertz CT molecular complexity index is 408. The summed E-state index contributed by atoms with van der Waals surface area (Å²) >= 11 is 0. The molecule has 0 saturated carbocycles. The molecule has 5 nitrogen and oxygen atoms in total. The number of nitrogens with zero attached hydrogens (tertiary/aromatic N) is 1. The van der Waals surface area contributed by atoms with E-state index >= 15 is 0 Å². The summed E-state index contributed by atoms with van der Waals surface area (Å²) in [6.45, 7) is 7.56. The Hall–Kier alpha value is -1.10. The molecule has 2 unspecified atom stereocenters. The Morgan fingerprint density at radius 1 is 1.08 bits per heavy atom. The maximum Gasteiger partial charge on any atom is 0.306 e. The van der Waals surface area contributed by atoms with Crippen molar-refractivity contribution in [3.63, 3.8) is 0 Å². The van der Waals surface area contributed by atoms with Crippen molar-refractivity contribution in [3.8, 4) is 0 Å². The van der Waals surface area contributed by atoms with E-state index in [1.807, 2.05) is 0 Å². The highest BCUT2D eigenvalue weighted by Gasteiger charge is 2.41. The quantitative estimate of drug-likeness (QED) is 0.483. The number of piperidine rings is 1. The lowest BCUT2D eigenvalue weighted by Gasteiger charge is -2.48. The third kappa shape index (κ3) is 6.80. The Morgan fingerprint density at radius 2 is 1.62 bits per heavy atom. The van der Waals surface area contributed by atoms with E-state index in [1.165, 1.54) is 0 Å². The van der Waals surface area contributed by atoms with E-state index in [-0.39, 0.29) is 24.0 Å². The first-order valence-corrected chi connectivity index (χ1v) is 9.37. The zero-order chi connectivity index (χ0) is 18.2. The van der Waals surface area contributed by atoms with Crippen molar-refractivity contribution in [2.45, 2.75) is 90.2 Å². The number of unbranched alkanes of at least 4 members (excludes halogenated alkanes) is 5. The van der Waals surface area contributed by atoms with Crippen LogP contribution in [-0.2, 0) is 14.3 Å². The minimum absolute atomic E-state index is 0.0275. The van der Waals surface area contributed by atoms with Crippen molar-refractivity contribution in [3.05, 3.63) is 0 Å². The largest absolute Gasteiger partial charge is 0.481 e. The standard InChI is InChI=1S/C19H35NO4/c1-15-16(13-14-20(4)19(15,2)3)24-18(23)12-10-8-6-5-7-9-11-17(21)22/h15-16H,5-14H2,1-4H3,(H,21,22). The van der Waals surface area contributed by atoms with E-state index in [9.17, 15) is 9.59 Å². The first kappa shape index (κ1) is 20.9. The van der Waals surface area contributed by atoms with Gasteiger partial charge in [0.2, 0.25) is 0 Å². The molecule has 140 valence electrons. The SMILES string of the molecule is CC1C(OC(=O)CCCCCCCCC(=O)O)CCN(C)C1(C)C. The van der Waals surface area contributed by atoms with Crippen LogP contribution >= 0.6 is 0 Å². The lowest BCUT2D eigenvalue weighted by atomic mass is 9.79. The highest BCUT2D eigenvalue weighted by atomic mass is 16.5. The van der Waals surface area contributed by atoms with Gasteiger partial charge in [-0.05, 0) is 40.2 Å². The third-order valence-electron chi connectivity index (χ3n) is 5.71. The van der Waals surface area contributed by atoms with E-state index in [0.717, 1.165) is 51.5 Å². The highest BCUT2D eigenvalue weighted by Crippen LogP contribution is 2.33. The van der Waals surface area contributed by atoms with Crippen LogP contribution in [0.3, 0.4) is 0 Å². The smallest absolute Gasteiger partial charge is 0.306 e. The van der Waals surface area contributed by atoms with Crippen molar-refractivity contribution < 1.29 is 19.4 Å². The molecule has 1 aliphatic rings. The summed E-state index contributed by atoms with van der Waals surface area (Å²) < 4.78 is 5.73. The molecule has 2 atom stereocenters. The van der Waals surface area contributed by atoms with Gasteiger partial charge in [-0.3, -0.25) is 9.59 Å². The van der Waals surface area contributed by atoms with Crippen molar-refractivity contribution in [2.24, 2.45) is 5.92 Å². The summed E-state index contributed by atoms with van der Waals surface area (Å²) in [6.07, 6.45) is 7.38. The molecule has 0 aromatic carbocycles. The summed E-state index contributed by atoms with van der Waals surface area (Å²) in [5, 5.41) is 8.56. The Morgan fingerprint density at radius 3 is 2.21 bits per heavy atom. The number of ether oxygens (including phenoxy) is 1. The summed E-state index contributed by atoms with van der Waals surface area (Å²) in [5.41, 5.74) is 0.0547. The molecule has 0 aliphatic carbocycles. The Kier molecular flexibility index (Phi) is 8.74. The van der Waals surface area contributed by atoms with Gasteiger partial charge in [-0.2, -0.15) is 0 Å². The zero-order valence-corrected chi connectivity index (χ0v) is 15.8. The normalized spacial score (nSPS) is 23.8. The molecule has 1 saturated heterocycles. The molecule has 0 amide bonds. The van der Waals surface area contributed by atoms with Crippen LogP contribution in [-0.4, -0.2) is 47.2 Å². The first-order valence-electron chi connectivity index (χ1n) is 9.37. The number of hydrogen-bond acceptors (Lipinski definition) is 4. The van der Waals surface area contributed by atoms with Crippen LogP contribution in [0.5, 0.6) is 0 Å². The predicted molar refractivity (Wildman–Crippen MR) is 94.9 cm³/mol. The number of carboxylic acid groups (broad SMARTS) is 1. The molecule has 0 aromatic rings. The van der Waals surface area contributed by atoms with Gasteiger partial charge >= 0.3 is 11.9 Å². The van der Waals surface area contributed by atoms with E-state index in [0.29, 0.717) is 12.3 Å². The van der Waals surface area contributed by atoms with Gasteiger partial charge in [0.25, 0.3) is 0 Å². The summed E-state index contributed by atoms with van der Waals surface area (Å²) in [7, 11) is 2.13. The van der Waals surface area contributed by atoms with Crippen molar-refractivity contribution in [1.29, 1.82) is 0 Å². The van der Waals surface area contributed by atoms with Crippen LogP contribution in [0.15, 0.2) is 0 Å². The summed E-state index contributed by atoms with van der Waals surface area (Å²) in [5.74, 6) is -0.462. The number of carbonyl (C=O) groups excluding carboxylic acids is 1. The maximum atomic E-state index is 12.1. The topological polar surface area (TPSA) is 66.8 Å². The lowest BCUT2D eigenvalue weighted by molar-refractivity contribution is -0.159. The van der Waals surface area contributed by atoms with Crippen molar-refractivity contribution in [2.75, 3.05) is 13.6 Å². The fraction of sp³-hybridized carbons (Fsp3) is 0.895. The minimum Gasteiger partial charge on any atom is -0.481 e. The van der Waals surface area contributed by atoms with Crippen LogP contribution in [0.1, 0.15) is 78.6 Å². The number of carboxylic acids is 1. The minimum atomic E-state index is -0.718. The van der Waals surface area contributed by atoms with E-state index in [1.54, 1.807) is 0 Å². The average molecular weight is 341 g/mol. The molecule has 1 fully saturated rings. The molecule has 1 aliphatic heterocycles. The molecule has 5 heteroatoms. The number of rotatable bonds is 10. The molecule has 1 heterocycles. The summed E-state index contributed by atoms with van der Waals surface area (Å²) in [6, 6.07) is 0. The van der Waals surface area contributed by atoms with Gasteiger partial charge in [0.1, 0.15) is 6.10 Å². The van der Waals surface area contributed by atoms with E-state index in [4.69, 9.17) is 9.84 Å². The predicted octanol–water partition coefficient (Wildman–Crippen LogP) is 3.85. The van der Waals surface area contributed by atoms with Crippen molar-refractivity contribution >= 4 is 11.9 Å². The van der Waals surface area contributed by atoms with Gasteiger partial charge in [-0.25, -0.2) is 0 Å². The molecule has 0 radical (unpaired) electrons. The Labute approximate surface area is 146 Å². The molecule has 24 heavy (non-hydrogen) atoms. The second kappa shape index (κ2) is 10.0. The fourth-order valence-corrected chi connectivity index (χ4v) is 3.30. The van der Waals surface area contributed by atoms with Crippen LogP contribution in [0.4, 0.5) is 0 Å². The van der Waals surface area contributed by atoms with Crippen LogP contribution in [0.2, 0.25) is 0 Å². The summed E-state index contributed by atoms with van der Waals surface area (Å²) in [4.78, 5) is 24.8. The van der Waals surface area contributed by atoms with E-state index < -0.39 is 5.97 Å². The van der Waals surface area contributed by atoms with Crippen LogP contribution in [0, 0.1) is 5.92 Å². The molecular weight excluding hydrogens is 306 g/mol. The van der Waals surface area contributed by atoms with Crippen LogP contribution < -0.4 is 0 Å². The van der Waals surface area contributed by atoms with Crippen molar-refractivity contribution in [1.82, 2.24) is 4.90 Å². The van der Waals surface area contributed by atoms with Gasteiger partial charge in [0.15, 0.2) is 0 Å².